The van der Waals surface area contributed by atoms with E-state index in [0.717, 1.165) is 50.5 Å². The van der Waals surface area contributed by atoms with Gasteiger partial charge in [-0.15, -0.1) is 0 Å². The van der Waals surface area contributed by atoms with Gasteiger partial charge in [0.2, 0.25) is 5.91 Å². The predicted molar refractivity (Wildman–Crippen MR) is 181 cm³/mol. The first-order valence-corrected chi connectivity index (χ1v) is 17.6. The second kappa shape index (κ2) is 14.4. The summed E-state index contributed by atoms with van der Waals surface area (Å²) in [6.45, 7) is 23.8. The van der Waals surface area contributed by atoms with Crippen molar-refractivity contribution in [2.75, 3.05) is 6.61 Å². The standard InChI is InChI=1S/C38H61NO8/c1-21(2)25-12-10-22(3)26(37(25,8)19-17-31(41)42)13-14-27-23(4)11-15-29-36(6,7)30(16-18-38(27,29)9)46-20-28-33(43)34(44)32(35(45)47-28)39-24(5)40/h10,25-30,32-35,43-45H,1,4,11-20H2,2-3,5-9H3,(H,39,40)(H,41,42)/t25-,26-,27-,28+,29-,30-,32+,33+,34+,35+,37-,38+/m0/s1. The van der Waals surface area contributed by atoms with Crippen molar-refractivity contribution in [3.05, 3.63) is 36.0 Å². The minimum absolute atomic E-state index is 0.0157. The first kappa shape index (κ1) is 37.8. The molecule has 12 atom stereocenters. The number of aliphatic hydroxyl groups excluding tert-OH is 3. The fourth-order valence-corrected chi connectivity index (χ4v) is 10.5. The van der Waals surface area contributed by atoms with Crippen molar-refractivity contribution in [2.45, 2.75) is 143 Å². The lowest BCUT2D eigenvalue weighted by Gasteiger charge is -2.60. The summed E-state index contributed by atoms with van der Waals surface area (Å²) < 4.78 is 12.1. The van der Waals surface area contributed by atoms with Crippen LogP contribution in [0.4, 0.5) is 0 Å². The van der Waals surface area contributed by atoms with Crippen molar-refractivity contribution in [3.8, 4) is 0 Å². The number of carboxylic acids is 1. The number of hydrogen-bond donors (Lipinski definition) is 5. The Bertz CT molecular complexity index is 1230. The van der Waals surface area contributed by atoms with Gasteiger partial charge >= 0.3 is 5.97 Å². The molecule has 47 heavy (non-hydrogen) atoms. The molecule has 0 aromatic rings. The third-order valence-corrected chi connectivity index (χ3v) is 13.1. The average molecular weight is 660 g/mol. The summed E-state index contributed by atoms with van der Waals surface area (Å²) in [7, 11) is 0. The maximum absolute atomic E-state index is 11.7. The van der Waals surface area contributed by atoms with Crippen LogP contribution in [0.5, 0.6) is 0 Å². The number of nitrogens with one attached hydrogen (secondary N) is 1. The maximum atomic E-state index is 11.7. The van der Waals surface area contributed by atoms with Crippen LogP contribution in [-0.4, -0.2) is 75.7 Å². The molecule has 1 saturated heterocycles. The molecule has 9 heteroatoms. The molecule has 9 nitrogen and oxygen atoms in total. The Kier molecular flexibility index (Phi) is 11.6. The van der Waals surface area contributed by atoms with Gasteiger partial charge in [-0.1, -0.05) is 63.6 Å². The minimum Gasteiger partial charge on any atom is -0.481 e. The van der Waals surface area contributed by atoms with Gasteiger partial charge in [0.15, 0.2) is 6.29 Å². The van der Waals surface area contributed by atoms with E-state index in [9.17, 15) is 30.0 Å². The summed E-state index contributed by atoms with van der Waals surface area (Å²) in [6.07, 6.45) is 4.60. The number of hydrogen-bond acceptors (Lipinski definition) is 7. The number of carbonyl (C=O) groups excluding carboxylic acids is 1. The van der Waals surface area contributed by atoms with E-state index in [1.165, 1.54) is 18.1 Å². The molecule has 0 radical (unpaired) electrons. The number of aliphatic carboxylic acids is 1. The molecule has 4 rings (SSSR count). The van der Waals surface area contributed by atoms with Crippen LogP contribution in [0.3, 0.4) is 0 Å². The van der Waals surface area contributed by atoms with E-state index in [0.29, 0.717) is 18.3 Å². The molecule has 266 valence electrons. The minimum atomic E-state index is -1.46. The van der Waals surface area contributed by atoms with Gasteiger partial charge in [-0.3, -0.25) is 9.59 Å². The Morgan fingerprint density at radius 1 is 1.06 bits per heavy atom. The highest BCUT2D eigenvalue weighted by atomic mass is 16.6. The molecule has 3 fully saturated rings. The van der Waals surface area contributed by atoms with Gasteiger partial charge in [0.1, 0.15) is 24.4 Å². The second-order valence-electron chi connectivity index (χ2n) is 16.4. The highest BCUT2D eigenvalue weighted by Crippen LogP contribution is 2.63. The van der Waals surface area contributed by atoms with E-state index < -0.39 is 42.5 Å². The van der Waals surface area contributed by atoms with Gasteiger partial charge in [-0.25, -0.2) is 0 Å². The topological polar surface area (TPSA) is 146 Å². The molecular weight excluding hydrogens is 598 g/mol. The van der Waals surface area contributed by atoms with Crippen LogP contribution >= 0.6 is 0 Å². The van der Waals surface area contributed by atoms with E-state index in [-0.39, 0.29) is 47.2 Å². The van der Waals surface area contributed by atoms with Crippen LogP contribution in [0.2, 0.25) is 0 Å². The summed E-state index contributed by atoms with van der Waals surface area (Å²) in [4.78, 5) is 23.2. The van der Waals surface area contributed by atoms with Gasteiger partial charge < -0.3 is 35.2 Å². The van der Waals surface area contributed by atoms with Gasteiger partial charge in [0.25, 0.3) is 0 Å². The number of rotatable bonds is 11. The van der Waals surface area contributed by atoms with Crippen LogP contribution in [-0.2, 0) is 19.1 Å². The normalized spacial score (nSPS) is 41.8. The van der Waals surface area contributed by atoms with E-state index in [4.69, 9.17) is 9.47 Å². The van der Waals surface area contributed by atoms with E-state index in [2.05, 4.69) is 66.1 Å². The first-order valence-electron chi connectivity index (χ1n) is 17.6. The van der Waals surface area contributed by atoms with Crippen molar-refractivity contribution in [1.29, 1.82) is 0 Å². The summed E-state index contributed by atoms with van der Waals surface area (Å²) in [6, 6.07) is -1.12. The summed E-state index contributed by atoms with van der Waals surface area (Å²) in [5.74, 6) is 0.0486. The van der Waals surface area contributed by atoms with Crippen LogP contribution in [0.25, 0.3) is 0 Å². The fourth-order valence-electron chi connectivity index (χ4n) is 10.5. The average Bonchev–Trinajstić information content (AvgIpc) is 2.96. The maximum Gasteiger partial charge on any atom is 0.303 e. The molecule has 1 heterocycles. The second-order valence-corrected chi connectivity index (χ2v) is 16.4. The Morgan fingerprint density at radius 3 is 2.34 bits per heavy atom. The van der Waals surface area contributed by atoms with Crippen LogP contribution in [0, 0.1) is 39.9 Å². The number of fused-ring (bicyclic) bond motifs is 1. The Balaban J connectivity index is 1.47. The Morgan fingerprint density at radius 2 is 1.72 bits per heavy atom. The number of amides is 1. The summed E-state index contributed by atoms with van der Waals surface area (Å²) in [5.41, 5.74) is 3.47. The van der Waals surface area contributed by atoms with Gasteiger partial charge in [0.05, 0.1) is 12.7 Å². The zero-order valence-electron chi connectivity index (χ0n) is 29.8. The number of aliphatic hydroxyl groups is 3. The lowest BCUT2D eigenvalue weighted by Crippen LogP contribution is -2.64. The lowest BCUT2D eigenvalue weighted by molar-refractivity contribution is -0.265. The van der Waals surface area contributed by atoms with Gasteiger partial charge in [-0.05, 0) is 105 Å². The zero-order valence-corrected chi connectivity index (χ0v) is 29.8. The molecule has 0 bridgehead atoms. The molecule has 2 saturated carbocycles. The summed E-state index contributed by atoms with van der Waals surface area (Å²) in [5, 5.41) is 43.9. The molecule has 0 unspecified atom stereocenters. The quantitative estimate of drug-likeness (QED) is 0.182. The third kappa shape index (κ3) is 7.45. The largest absolute Gasteiger partial charge is 0.481 e. The smallest absolute Gasteiger partial charge is 0.303 e. The molecule has 0 aromatic carbocycles. The fraction of sp³-hybridized carbons (Fsp3) is 0.789. The molecule has 1 amide bonds. The SMILES string of the molecule is C=C(C)[C@@H]1CC=C(C)[C@H](CC[C@H]2C(=C)CC[C@H]3C(C)(C)[C@@H](OC[C@H]4O[C@@H](O)[C@H](NC(C)=O)[C@@H](O)[C@@H]4O)CC[C@]23C)[C@@]1(C)CCC(=O)O. The van der Waals surface area contributed by atoms with Crippen LogP contribution < -0.4 is 5.32 Å². The number of allylic oxidation sites excluding steroid dienone is 4. The van der Waals surface area contributed by atoms with Gasteiger partial charge in [-0.2, -0.15) is 0 Å². The van der Waals surface area contributed by atoms with E-state index in [1.54, 1.807) is 0 Å². The number of carboxylic acid groups (broad SMARTS) is 1. The molecule has 4 aliphatic rings. The van der Waals surface area contributed by atoms with Crippen molar-refractivity contribution < 1.29 is 39.5 Å². The Hall–Kier alpha value is -2.04. The molecule has 0 spiro atoms. The molecular formula is C38H61NO8. The highest BCUT2D eigenvalue weighted by Gasteiger charge is 2.57. The molecule has 0 aromatic heterocycles. The van der Waals surface area contributed by atoms with Gasteiger partial charge in [0, 0.05) is 13.3 Å². The molecule has 3 aliphatic carbocycles. The first-order chi connectivity index (χ1) is 21.8. The highest BCUT2D eigenvalue weighted by molar-refractivity contribution is 5.73. The third-order valence-electron chi connectivity index (χ3n) is 13.1. The van der Waals surface area contributed by atoms with Crippen molar-refractivity contribution >= 4 is 11.9 Å². The van der Waals surface area contributed by atoms with E-state index >= 15 is 0 Å². The Labute approximate surface area is 281 Å². The monoisotopic (exact) mass is 659 g/mol. The van der Waals surface area contributed by atoms with Crippen molar-refractivity contribution in [2.24, 2.45) is 39.9 Å². The van der Waals surface area contributed by atoms with Crippen molar-refractivity contribution in [1.82, 2.24) is 5.32 Å². The lowest BCUT2D eigenvalue weighted by atomic mass is 9.46. The number of ether oxygens (including phenoxy) is 2. The molecule has 5 N–H and O–H groups in total. The van der Waals surface area contributed by atoms with E-state index in [1.807, 2.05) is 0 Å². The van der Waals surface area contributed by atoms with Crippen LogP contribution in [0.1, 0.15) is 106 Å². The number of carbonyl (C=O) groups is 2. The van der Waals surface area contributed by atoms with Crippen molar-refractivity contribution in [3.63, 3.8) is 0 Å². The summed E-state index contributed by atoms with van der Waals surface area (Å²) >= 11 is 0. The predicted octanol–water partition coefficient (Wildman–Crippen LogP) is 5.53. The van der Waals surface area contributed by atoms with Crippen LogP contribution in [0.15, 0.2) is 36.0 Å². The zero-order chi connectivity index (χ0) is 35.1. The molecule has 1 aliphatic heterocycles.